The van der Waals surface area contributed by atoms with Crippen LogP contribution in [-0.4, -0.2) is 23.1 Å². The van der Waals surface area contributed by atoms with E-state index in [1.807, 2.05) is 12.1 Å². The summed E-state index contributed by atoms with van der Waals surface area (Å²) >= 11 is 3.60. The van der Waals surface area contributed by atoms with Gasteiger partial charge in [0.2, 0.25) is 5.90 Å². The smallest absolute Gasteiger partial charge is 0.233 e. The molecule has 1 aromatic heterocycles. The molecule has 4 heteroatoms. The van der Waals surface area contributed by atoms with Crippen LogP contribution < -0.4 is 0 Å². The molecular formula is C17H19BrN2O. The van der Waals surface area contributed by atoms with Gasteiger partial charge in [-0.15, -0.1) is 0 Å². The van der Waals surface area contributed by atoms with Gasteiger partial charge in [-0.25, -0.2) is 4.99 Å². The van der Waals surface area contributed by atoms with Crippen molar-refractivity contribution in [2.24, 2.45) is 10.9 Å². The molecule has 0 amide bonds. The minimum Gasteiger partial charge on any atom is -0.474 e. The standard InChI is InChI=1S/C17H19BrN2O/c1-12(2)15-11-21-17(19-15)16-8-5-9-20(16)10-13-6-3-4-7-14(13)18/h3-9,12,15H,10-11H2,1-2H3. The first kappa shape index (κ1) is 14.4. The Morgan fingerprint density at radius 3 is 2.81 bits per heavy atom. The van der Waals surface area contributed by atoms with E-state index in [-0.39, 0.29) is 6.04 Å². The van der Waals surface area contributed by atoms with E-state index in [0.29, 0.717) is 12.5 Å². The maximum absolute atomic E-state index is 5.80. The number of aromatic nitrogens is 1. The summed E-state index contributed by atoms with van der Waals surface area (Å²) in [5.74, 6) is 1.28. The van der Waals surface area contributed by atoms with Gasteiger partial charge in [-0.1, -0.05) is 48.0 Å². The van der Waals surface area contributed by atoms with Gasteiger partial charge in [0.15, 0.2) is 0 Å². The Labute approximate surface area is 133 Å². The number of hydrogen-bond acceptors (Lipinski definition) is 2. The van der Waals surface area contributed by atoms with Gasteiger partial charge in [-0.2, -0.15) is 0 Å². The molecule has 3 nitrogen and oxygen atoms in total. The molecule has 1 aliphatic rings. The second-order valence-corrected chi connectivity index (χ2v) is 6.52. The van der Waals surface area contributed by atoms with E-state index in [0.717, 1.165) is 22.6 Å². The molecule has 0 spiro atoms. The van der Waals surface area contributed by atoms with Crippen molar-refractivity contribution < 1.29 is 4.74 Å². The predicted molar refractivity (Wildman–Crippen MR) is 88.8 cm³/mol. The summed E-state index contributed by atoms with van der Waals surface area (Å²) in [4.78, 5) is 4.72. The van der Waals surface area contributed by atoms with E-state index in [4.69, 9.17) is 9.73 Å². The molecule has 1 atom stereocenters. The summed E-state index contributed by atoms with van der Waals surface area (Å²) in [6, 6.07) is 12.7. The number of rotatable bonds is 4. The molecule has 1 aromatic carbocycles. The van der Waals surface area contributed by atoms with Crippen LogP contribution in [0.25, 0.3) is 0 Å². The van der Waals surface area contributed by atoms with Crippen molar-refractivity contribution in [2.75, 3.05) is 6.61 Å². The lowest BCUT2D eigenvalue weighted by atomic mass is 10.1. The van der Waals surface area contributed by atoms with Crippen LogP contribution in [-0.2, 0) is 11.3 Å². The molecule has 1 aliphatic heterocycles. The lowest BCUT2D eigenvalue weighted by molar-refractivity contribution is 0.290. The first-order valence-electron chi connectivity index (χ1n) is 7.24. The molecular weight excluding hydrogens is 328 g/mol. The second-order valence-electron chi connectivity index (χ2n) is 5.67. The van der Waals surface area contributed by atoms with Gasteiger partial charge in [0.1, 0.15) is 12.3 Å². The van der Waals surface area contributed by atoms with E-state index < -0.39 is 0 Å². The van der Waals surface area contributed by atoms with E-state index in [1.165, 1.54) is 5.56 Å². The summed E-state index contributed by atoms with van der Waals surface area (Å²) in [6.07, 6.45) is 2.07. The summed E-state index contributed by atoms with van der Waals surface area (Å²) in [5, 5.41) is 0. The van der Waals surface area contributed by atoms with E-state index >= 15 is 0 Å². The molecule has 0 N–H and O–H groups in total. The topological polar surface area (TPSA) is 26.5 Å². The molecule has 0 radical (unpaired) electrons. The van der Waals surface area contributed by atoms with Crippen molar-refractivity contribution in [1.82, 2.24) is 4.57 Å². The van der Waals surface area contributed by atoms with Crippen LogP contribution >= 0.6 is 15.9 Å². The minimum absolute atomic E-state index is 0.270. The van der Waals surface area contributed by atoms with Crippen LogP contribution in [0, 0.1) is 5.92 Å². The highest BCUT2D eigenvalue weighted by Crippen LogP contribution is 2.21. The van der Waals surface area contributed by atoms with Crippen molar-refractivity contribution in [3.05, 3.63) is 58.3 Å². The van der Waals surface area contributed by atoms with Gasteiger partial charge in [0.25, 0.3) is 0 Å². The Bertz CT molecular complexity index is 660. The highest BCUT2D eigenvalue weighted by atomic mass is 79.9. The third-order valence-electron chi connectivity index (χ3n) is 3.79. The number of nitrogens with zero attached hydrogens (tertiary/aromatic N) is 2. The van der Waals surface area contributed by atoms with Crippen LogP contribution in [0.1, 0.15) is 25.1 Å². The van der Waals surface area contributed by atoms with Crippen molar-refractivity contribution >= 4 is 21.8 Å². The molecule has 2 heterocycles. The summed E-state index contributed by atoms with van der Waals surface area (Å²) in [7, 11) is 0. The molecule has 0 fully saturated rings. The number of benzene rings is 1. The zero-order valence-corrected chi connectivity index (χ0v) is 13.9. The van der Waals surface area contributed by atoms with Crippen LogP contribution in [0.15, 0.2) is 52.1 Å². The van der Waals surface area contributed by atoms with E-state index in [9.17, 15) is 0 Å². The molecule has 0 saturated heterocycles. The Balaban J connectivity index is 1.85. The lowest BCUT2D eigenvalue weighted by Crippen LogP contribution is -2.13. The fourth-order valence-electron chi connectivity index (χ4n) is 2.43. The van der Waals surface area contributed by atoms with Crippen molar-refractivity contribution in [2.45, 2.75) is 26.4 Å². The zero-order chi connectivity index (χ0) is 14.8. The molecule has 2 aromatic rings. The average molecular weight is 347 g/mol. The molecule has 21 heavy (non-hydrogen) atoms. The largest absolute Gasteiger partial charge is 0.474 e. The highest BCUT2D eigenvalue weighted by molar-refractivity contribution is 9.10. The fourth-order valence-corrected chi connectivity index (χ4v) is 2.84. The molecule has 0 aliphatic carbocycles. The van der Waals surface area contributed by atoms with Gasteiger partial charge in [-0.05, 0) is 29.7 Å². The molecule has 0 saturated carbocycles. The van der Waals surface area contributed by atoms with Gasteiger partial charge in [-0.3, -0.25) is 0 Å². The summed E-state index contributed by atoms with van der Waals surface area (Å²) in [6.45, 7) is 5.85. The van der Waals surface area contributed by atoms with Crippen molar-refractivity contribution in [3.8, 4) is 0 Å². The van der Waals surface area contributed by atoms with Gasteiger partial charge >= 0.3 is 0 Å². The molecule has 110 valence electrons. The summed E-state index contributed by atoms with van der Waals surface area (Å²) in [5.41, 5.74) is 2.29. The first-order chi connectivity index (χ1) is 10.1. The van der Waals surface area contributed by atoms with E-state index in [1.54, 1.807) is 0 Å². The Hall–Kier alpha value is -1.55. The molecule has 1 unspecified atom stereocenters. The van der Waals surface area contributed by atoms with Crippen LogP contribution in [0.2, 0.25) is 0 Å². The van der Waals surface area contributed by atoms with Crippen molar-refractivity contribution in [3.63, 3.8) is 0 Å². The third-order valence-corrected chi connectivity index (χ3v) is 4.56. The molecule has 0 bridgehead atoms. The van der Waals surface area contributed by atoms with Crippen LogP contribution in [0.3, 0.4) is 0 Å². The quantitative estimate of drug-likeness (QED) is 0.818. The van der Waals surface area contributed by atoms with Gasteiger partial charge in [0, 0.05) is 17.2 Å². The number of halogens is 1. The van der Waals surface area contributed by atoms with E-state index in [2.05, 4.69) is 64.8 Å². The normalized spacial score (nSPS) is 17.9. The molecule has 3 rings (SSSR count). The van der Waals surface area contributed by atoms with Gasteiger partial charge < -0.3 is 9.30 Å². The maximum Gasteiger partial charge on any atom is 0.233 e. The minimum atomic E-state index is 0.270. The average Bonchev–Trinajstić information content (AvgIpc) is 3.09. The summed E-state index contributed by atoms with van der Waals surface area (Å²) < 4.78 is 9.10. The lowest BCUT2D eigenvalue weighted by Gasteiger charge is -2.10. The predicted octanol–water partition coefficient (Wildman–Crippen LogP) is 4.10. The SMILES string of the molecule is CC(C)C1COC(c2cccn2Cc2ccccc2Br)=N1. The number of hydrogen-bond donors (Lipinski definition) is 0. The van der Waals surface area contributed by atoms with Crippen LogP contribution in [0.4, 0.5) is 0 Å². The van der Waals surface area contributed by atoms with Gasteiger partial charge in [0.05, 0.1) is 6.04 Å². The monoisotopic (exact) mass is 346 g/mol. The number of aliphatic imine (C=N–C) groups is 1. The number of ether oxygens (including phenoxy) is 1. The Morgan fingerprint density at radius 2 is 2.10 bits per heavy atom. The fraction of sp³-hybridized carbons (Fsp3) is 0.353. The van der Waals surface area contributed by atoms with Crippen LogP contribution in [0.5, 0.6) is 0 Å². The second kappa shape index (κ2) is 6.06. The first-order valence-corrected chi connectivity index (χ1v) is 8.04. The highest BCUT2D eigenvalue weighted by Gasteiger charge is 2.24. The zero-order valence-electron chi connectivity index (χ0n) is 12.3. The Kier molecular flexibility index (Phi) is 4.15. The van der Waals surface area contributed by atoms with Crippen molar-refractivity contribution in [1.29, 1.82) is 0 Å². The third kappa shape index (κ3) is 3.05. The Morgan fingerprint density at radius 1 is 1.29 bits per heavy atom. The maximum atomic E-state index is 5.80.